The van der Waals surface area contributed by atoms with Gasteiger partial charge in [-0.3, -0.25) is 9.69 Å². The van der Waals surface area contributed by atoms with E-state index in [4.69, 9.17) is 4.74 Å². The molecule has 10 heteroatoms. The van der Waals surface area contributed by atoms with E-state index >= 15 is 0 Å². The monoisotopic (exact) mass is 520 g/mol. The minimum absolute atomic E-state index is 0.0536. The number of hydrogen-bond acceptors (Lipinski definition) is 3. The second-order valence-electron chi connectivity index (χ2n) is 8.50. The number of ether oxygens (including phenoxy) is 1. The van der Waals surface area contributed by atoms with E-state index < -0.39 is 36.5 Å². The third kappa shape index (κ3) is 6.25. The van der Waals surface area contributed by atoms with Gasteiger partial charge >= 0.3 is 12.4 Å². The molecular weight excluding hydrogens is 498 g/mol. The maximum absolute atomic E-state index is 13.5. The van der Waals surface area contributed by atoms with Crippen LogP contribution in [0.3, 0.4) is 0 Å². The lowest BCUT2D eigenvalue weighted by molar-refractivity contribution is -0.153. The fraction of sp³-hybridized carbons (Fsp3) is 0.222. The second-order valence-corrected chi connectivity index (χ2v) is 8.50. The molecule has 2 atom stereocenters. The van der Waals surface area contributed by atoms with Gasteiger partial charge in [-0.15, -0.1) is 0 Å². The number of amides is 1. The van der Waals surface area contributed by atoms with Crippen molar-refractivity contribution < 1.29 is 35.9 Å². The summed E-state index contributed by atoms with van der Waals surface area (Å²) in [6.45, 7) is 0.366. The lowest BCUT2D eigenvalue weighted by Gasteiger charge is -2.26. The summed E-state index contributed by atoms with van der Waals surface area (Å²) in [7, 11) is 0. The molecule has 0 unspecified atom stereocenters. The number of carbonyl (C=O) groups is 1. The fourth-order valence-corrected chi connectivity index (χ4v) is 4.02. The van der Waals surface area contributed by atoms with Gasteiger partial charge in [0.1, 0.15) is 5.75 Å². The Bertz CT molecular complexity index is 1270. The molecule has 3 aromatic rings. The average Bonchev–Trinajstić information content (AvgIpc) is 3.18. The van der Waals surface area contributed by atoms with E-state index in [2.05, 4.69) is 5.32 Å². The van der Waals surface area contributed by atoms with Gasteiger partial charge in [-0.25, -0.2) is 0 Å². The van der Waals surface area contributed by atoms with Crippen molar-refractivity contribution in [2.24, 2.45) is 0 Å². The topological polar surface area (TPSA) is 41.6 Å². The Morgan fingerprint density at radius 2 is 1.59 bits per heavy atom. The maximum Gasteiger partial charge on any atom is 0.422 e. The van der Waals surface area contributed by atoms with Gasteiger partial charge in [0, 0.05) is 11.7 Å². The van der Waals surface area contributed by atoms with Gasteiger partial charge in [-0.1, -0.05) is 42.5 Å². The molecule has 0 aliphatic carbocycles. The van der Waals surface area contributed by atoms with Crippen LogP contribution in [0.1, 0.15) is 35.7 Å². The first kappa shape index (κ1) is 26.1. The molecule has 37 heavy (non-hydrogen) atoms. The number of nitrogens with zero attached hydrogens (tertiary/aromatic N) is 1. The molecular formula is C27H22F6N2O2. The Labute approximate surface area is 209 Å². The highest BCUT2D eigenvalue weighted by molar-refractivity contribution is 6.08. The van der Waals surface area contributed by atoms with E-state index in [-0.39, 0.29) is 23.2 Å². The van der Waals surface area contributed by atoms with Gasteiger partial charge in [0.05, 0.1) is 17.3 Å². The molecule has 0 spiro atoms. The van der Waals surface area contributed by atoms with Crippen molar-refractivity contribution in [1.82, 2.24) is 5.32 Å². The van der Waals surface area contributed by atoms with Crippen molar-refractivity contribution in [1.29, 1.82) is 0 Å². The van der Waals surface area contributed by atoms with Crippen molar-refractivity contribution in [3.8, 4) is 5.75 Å². The SMILES string of the molecule is C[C@@H](NC1=C[C@@H](c2cccc(OCC(F)(F)F)c2)N(c2ccc(C(F)(F)F)cc2)C1=O)c1ccccc1. The lowest BCUT2D eigenvalue weighted by atomic mass is 10.0. The molecule has 1 aliphatic heterocycles. The summed E-state index contributed by atoms with van der Waals surface area (Å²) < 4.78 is 82.0. The summed E-state index contributed by atoms with van der Waals surface area (Å²) in [6, 6.07) is 18.2. The number of halogens is 6. The summed E-state index contributed by atoms with van der Waals surface area (Å²) in [5.74, 6) is -0.545. The van der Waals surface area contributed by atoms with E-state index in [0.29, 0.717) is 5.56 Å². The molecule has 194 valence electrons. The van der Waals surface area contributed by atoms with Crippen LogP contribution in [0.4, 0.5) is 32.0 Å². The largest absolute Gasteiger partial charge is 0.484 e. The molecule has 0 fully saturated rings. The molecule has 3 aromatic carbocycles. The lowest BCUT2D eigenvalue weighted by Crippen LogP contribution is -2.33. The maximum atomic E-state index is 13.5. The quantitative estimate of drug-likeness (QED) is 0.342. The number of carbonyl (C=O) groups excluding carboxylic acids is 1. The Morgan fingerprint density at radius 1 is 0.919 bits per heavy atom. The molecule has 4 rings (SSSR count). The van der Waals surface area contributed by atoms with E-state index in [1.54, 1.807) is 12.1 Å². The molecule has 0 bridgehead atoms. The van der Waals surface area contributed by atoms with Crippen LogP contribution in [0.2, 0.25) is 0 Å². The van der Waals surface area contributed by atoms with Crippen molar-refractivity contribution in [2.45, 2.75) is 31.4 Å². The van der Waals surface area contributed by atoms with Crippen LogP contribution < -0.4 is 15.0 Å². The Balaban J connectivity index is 1.68. The number of nitrogens with one attached hydrogen (secondary N) is 1. The third-order valence-electron chi connectivity index (χ3n) is 5.80. The highest BCUT2D eigenvalue weighted by Gasteiger charge is 2.37. The average molecular weight is 520 g/mol. The zero-order chi connectivity index (χ0) is 26.8. The molecule has 4 nitrogen and oxygen atoms in total. The van der Waals surface area contributed by atoms with Crippen molar-refractivity contribution in [3.05, 3.63) is 107 Å². The summed E-state index contributed by atoms with van der Waals surface area (Å²) in [5.41, 5.74) is 0.874. The van der Waals surface area contributed by atoms with Crippen LogP contribution in [-0.2, 0) is 11.0 Å². The Morgan fingerprint density at radius 3 is 2.22 bits per heavy atom. The van der Waals surface area contributed by atoms with Gasteiger partial charge in [0.2, 0.25) is 0 Å². The van der Waals surface area contributed by atoms with Gasteiger partial charge in [-0.05, 0) is 60.5 Å². The minimum Gasteiger partial charge on any atom is -0.484 e. The molecule has 1 heterocycles. The zero-order valence-corrected chi connectivity index (χ0v) is 19.5. The molecule has 0 saturated heterocycles. The molecule has 0 radical (unpaired) electrons. The minimum atomic E-state index is -4.55. The first-order valence-electron chi connectivity index (χ1n) is 11.3. The smallest absolute Gasteiger partial charge is 0.422 e. The third-order valence-corrected chi connectivity index (χ3v) is 5.80. The van der Waals surface area contributed by atoms with Crippen molar-refractivity contribution in [3.63, 3.8) is 0 Å². The van der Waals surface area contributed by atoms with Gasteiger partial charge < -0.3 is 10.1 Å². The fourth-order valence-electron chi connectivity index (χ4n) is 4.02. The van der Waals surface area contributed by atoms with E-state index in [9.17, 15) is 31.1 Å². The molecule has 0 aromatic heterocycles. The van der Waals surface area contributed by atoms with Gasteiger partial charge in [0.25, 0.3) is 5.91 Å². The second kappa shape index (κ2) is 10.2. The van der Waals surface area contributed by atoms with Gasteiger partial charge in [-0.2, -0.15) is 26.3 Å². The summed E-state index contributed by atoms with van der Waals surface area (Å²) in [4.78, 5) is 14.8. The predicted molar refractivity (Wildman–Crippen MR) is 126 cm³/mol. The van der Waals surface area contributed by atoms with Gasteiger partial charge in [0.15, 0.2) is 6.61 Å². The van der Waals surface area contributed by atoms with Crippen LogP contribution in [0.25, 0.3) is 0 Å². The Hall–Kier alpha value is -3.95. The number of rotatable bonds is 7. The predicted octanol–water partition coefficient (Wildman–Crippen LogP) is 6.97. The number of anilines is 1. The molecule has 1 aliphatic rings. The van der Waals surface area contributed by atoms with E-state index in [1.165, 1.54) is 35.2 Å². The van der Waals surface area contributed by atoms with Crippen LogP contribution in [0, 0.1) is 0 Å². The van der Waals surface area contributed by atoms with Crippen LogP contribution in [-0.4, -0.2) is 18.7 Å². The highest BCUT2D eigenvalue weighted by atomic mass is 19.4. The first-order chi connectivity index (χ1) is 17.4. The van der Waals surface area contributed by atoms with Crippen LogP contribution >= 0.6 is 0 Å². The Kier molecular flexibility index (Phi) is 7.20. The zero-order valence-electron chi connectivity index (χ0n) is 19.5. The number of hydrogen-bond donors (Lipinski definition) is 1. The summed E-state index contributed by atoms with van der Waals surface area (Å²) in [6.07, 6.45) is -7.48. The normalized spacial score (nSPS) is 16.9. The standard InChI is InChI=1S/C27H22F6N2O2/c1-17(18-6-3-2-4-7-18)34-23-15-24(19-8-5-9-22(14-19)37-16-26(28,29)30)35(25(23)36)21-12-10-20(11-13-21)27(31,32)33/h2-15,17,24,34H,16H2,1H3/t17-,24+/m1/s1. The molecule has 0 saturated carbocycles. The van der Waals surface area contributed by atoms with Crippen LogP contribution in [0.15, 0.2) is 90.6 Å². The summed E-state index contributed by atoms with van der Waals surface area (Å²) >= 11 is 0. The first-order valence-corrected chi connectivity index (χ1v) is 11.3. The van der Waals surface area contributed by atoms with E-state index in [0.717, 1.165) is 17.7 Å². The van der Waals surface area contributed by atoms with Crippen molar-refractivity contribution in [2.75, 3.05) is 11.5 Å². The van der Waals surface area contributed by atoms with Crippen molar-refractivity contribution >= 4 is 11.6 Å². The molecule has 1 amide bonds. The van der Waals surface area contributed by atoms with Crippen LogP contribution in [0.5, 0.6) is 5.75 Å². The summed E-state index contributed by atoms with van der Waals surface area (Å²) in [5, 5.41) is 3.15. The number of alkyl halides is 6. The number of benzene rings is 3. The van der Waals surface area contributed by atoms with E-state index in [1.807, 2.05) is 37.3 Å². The highest BCUT2D eigenvalue weighted by Crippen LogP contribution is 2.38. The molecule has 1 N–H and O–H groups in total.